The van der Waals surface area contributed by atoms with Crippen molar-refractivity contribution in [2.24, 2.45) is 5.92 Å². The van der Waals surface area contributed by atoms with Crippen LogP contribution in [0.15, 0.2) is 72.8 Å². The zero-order valence-electron chi connectivity index (χ0n) is 17.4. The maximum absolute atomic E-state index is 13.2. The highest BCUT2D eigenvalue weighted by Crippen LogP contribution is 2.45. The first-order valence-corrected chi connectivity index (χ1v) is 10.2. The fourth-order valence-electron chi connectivity index (χ4n) is 3.97. The number of ether oxygens (including phenoxy) is 1. The Balaban J connectivity index is 1.59. The van der Waals surface area contributed by atoms with Gasteiger partial charge in [-0.2, -0.15) is 0 Å². The Morgan fingerprint density at radius 2 is 1.37 bits per heavy atom. The van der Waals surface area contributed by atoms with Crippen molar-refractivity contribution in [2.45, 2.75) is 32.9 Å². The molecule has 0 unspecified atom stereocenters. The summed E-state index contributed by atoms with van der Waals surface area (Å²) in [6, 6.07) is 22.5. The summed E-state index contributed by atoms with van der Waals surface area (Å²) in [6.07, 6.45) is -0.471. The first-order valence-electron chi connectivity index (χ1n) is 10.2. The van der Waals surface area contributed by atoms with E-state index in [1.807, 2.05) is 87.5 Å². The summed E-state index contributed by atoms with van der Waals surface area (Å²) in [5.74, 6) is -0.809. The van der Waals surface area contributed by atoms with Crippen molar-refractivity contribution in [1.82, 2.24) is 5.32 Å². The van der Waals surface area contributed by atoms with Gasteiger partial charge in [-0.15, -0.1) is 0 Å². The van der Waals surface area contributed by atoms with Crippen LogP contribution in [0.5, 0.6) is 0 Å². The molecule has 30 heavy (non-hydrogen) atoms. The molecule has 0 saturated heterocycles. The molecule has 1 atom stereocenters. The fraction of sp³-hybridized carbons (Fsp3) is 0.231. The molecule has 0 saturated carbocycles. The van der Waals surface area contributed by atoms with Gasteiger partial charge in [0.2, 0.25) is 0 Å². The summed E-state index contributed by atoms with van der Waals surface area (Å²) in [5, 5.41) is 2.88. The SMILES string of the molecule is Cc1ccccc1C(=O)N[C@H](C(=O)OC1c2ccccc2-c2ccccc21)C(C)C. The van der Waals surface area contributed by atoms with Gasteiger partial charge in [-0.05, 0) is 35.6 Å². The lowest BCUT2D eigenvalue weighted by Gasteiger charge is -2.24. The molecule has 4 heteroatoms. The van der Waals surface area contributed by atoms with Crippen molar-refractivity contribution in [2.75, 3.05) is 0 Å². The molecule has 0 spiro atoms. The third kappa shape index (κ3) is 3.61. The van der Waals surface area contributed by atoms with E-state index in [2.05, 4.69) is 5.32 Å². The fourth-order valence-corrected chi connectivity index (χ4v) is 3.97. The lowest BCUT2D eigenvalue weighted by Crippen LogP contribution is -2.45. The second kappa shape index (κ2) is 8.15. The van der Waals surface area contributed by atoms with Gasteiger partial charge in [-0.3, -0.25) is 4.79 Å². The minimum absolute atomic E-state index is 0.114. The average molecular weight is 399 g/mol. The van der Waals surface area contributed by atoms with E-state index in [0.717, 1.165) is 27.8 Å². The van der Waals surface area contributed by atoms with E-state index >= 15 is 0 Å². The number of amides is 1. The van der Waals surface area contributed by atoms with Crippen molar-refractivity contribution in [1.29, 1.82) is 0 Å². The molecule has 0 radical (unpaired) electrons. The highest BCUT2D eigenvalue weighted by atomic mass is 16.5. The second-order valence-electron chi connectivity index (χ2n) is 8.00. The maximum Gasteiger partial charge on any atom is 0.329 e. The molecule has 0 aliphatic heterocycles. The van der Waals surface area contributed by atoms with Gasteiger partial charge in [-0.1, -0.05) is 80.6 Å². The predicted octanol–water partition coefficient (Wildman–Crippen LogP) is 5.06. The highest BCUT2D eigenvalue weighted by molar-refractivity contribution is 5.98. The van der Waals surface area contributed by atoms with Crippen molar-refractivity contribution >= 4 is 11.9 Å². The van der Waals surface area contributed by atoms with Gasteiger partial charge < -0.3 is 10.1 Å². The van der Waals surface area contributed by atoms with Gasteiger partial charge >= 0.3 is 5.97 Å². The van der Waals surface area contributed by atoms with Gasteiger partial charge in [0.25, 0.3) is 5.91 Å². The van der Waals surface area contributed by atoms with E-state index in [-0.39, 0.29) is 11.8 Å². The quantitative estimate of drug-likeness (QED) is 0.610. The lowest BCUT2D eigenvalue weighted by atomic mass is 10.0. The Hall–Kier alpha value is -3.40. The van der Waals surface area contributed by atoms with Crippen LogP contribution in [0.2, 0.25) is 0 Å². The number of rotatable bonds is 5. The van der Waals surface area contributed by atoms with Crippen LogP contribution in [0.25, 0.3) is 11.1 Å². The number of esters is 1. The first kappa shape index (κ1) is 19.9. The number of hydrogen-bond donors (Lipinski definition) is 1. The molecule has 0 fully saturated rings. The molecule has 0 bridgehead atoms. The van der Waals surface area contributed by atoms with Crippen molar-refractivity contribution in [3.63, 3.8) is 0 Å². The summed E-state index contributed by atoms with van der Waals surface area (Å²) in [7, 11) is 0. The molecular formula is C26H25NO3. The standard InChI is InChI=1S/C26H25NO3/c1-16(2)23(27-25(28)18-11-5-4-10-17(18)3)26(29)30-24-21-14-8-6-12-19(21)20-13-7-9-15-22(20)24/h4-16,23-24H,1-3H3,(H,27,28)/t23-/m0/s1. The summed E-state index contributed by atoms with van der Waals surface area (Å²) >= 11 is 0. The van der Waals surface area contributed by atoms with E-state index in [4.69, 9.17) is 4.74 Å². The third-order valence-corrected chi connectivity index (χ3v) is 5.61. The van der Waals surface area contributed by atoms with Crippen LogP contribution in [0.3, 0.4) is 0 Å². The molecule has 3 aromatic rings. The zero-order valence-corrected chi connectivity index (χ0v) is 17.4. The van der Waals surface area contributed by atoms with Crippen molar-refractivity contribution < 1.29 is 14.3 Å². The molecule has 0 heterocycles. The van der Waals surface area contributed by atoms with E-state index in [9.17, 15) is 9.59 Å². The molecule has 4 rings (SSSR count). The molecule has 4 nitrogen and oxygen atoms in total. The van der Waals surface area contributed by atoms with Gasteiger partial charge in [0, 0.05) is 16.7 Å². The Kier molecular flexibility index (Phi) is 5.40. The molecular weight excluding hydrogens is 374 g/mol. The molecule has 152 valence electrons. The molecule has 1 aliphatic carbocycles. The Labute approximate surface area is 176 Å². The molecule has 1 N–H and O–H groups in total. The van der Waals surface area contributed by atoms with Gasteiger partial charge in [0.1, 0.15) is 6.04 Å². The van der Waals surface area contributed by atoms with Gasteiger partial charge in [0.05, 0.1) is 0 Å². The third-order valence-electron chi connectivity index (χ3n) is 5.61. The number of hydrogen-bond acceptors (Lipinski definition) is 3. The van der Waals surface area contributed by atoms with Crippen LogP contribution in [-0.2, 0) is 9.53 Å². The van der Waals surface area contributed by atoms with Crippen LogP contribution < -0.4 is 5.32 Å². The molecule has 3 aromatic carbocycles. The topological polar surface area (TPSA) is 55.4 Å². The summed E-state index contributed by atoms with van der Waals surface area (Å²) in [6.45, 7) is 5.69. The van der Waals surface area contributed by atoms with Crippen LogP contribution in [0, 0.1) is 12.8 Å². The van der Waals surface area contributed by atoms with Gasteiger partial charge in [-0.25, -0.2) is 4.79 Å². The number of carbonyl (C=O) groups excluding carboxylic acids is 2. The Morgan fingerprint density at radius 1 is 0.833 bits per heavy atom. The second-order valence-corrected chi connectivity index (χ2v) is 8.00. The molecule has 0 aromatic heterocycles. The Bertz CT molecular complexity index is 1060. The smallest absolute Gasteiger partial charge is 0.329 e. The number of nitrogens with one attached hydrogen (secondary N) is 1. The molecule has 1 aliphatic rings. The first-order chi connectivity index (χ1) is 14.5. The van der Waals surface area contributed by atoms with E-state index in [0.29, 0.717) is 5.56 Å². The van der Waals surface area contributed by atoms with Crippen molar-refractivity contribution in [3.8, 4) is 11.1 Å². The minimum atomic E-state index is -0.739. The number of aryl methyl sites for hydroxylation is 1. The van der Waals surface area contributed by atoms with E-state index in [1.165, 1.54) is 0 Å². The average Bonchev–Trinajstić information content (AvgIpc) is 3.06. The maximum atomic E-state index is 13.2. The van der Waals surface area contributed by atoms with Crippen molar-refractivity contribution in [3.05, 3.63) is 95.1 Å². The van der Waals surface area contributed by atoms with E-state index in [1.54, 1.807) is 6.07 Å². The Morgan fingerprint density at radius 3 is 1.93 bits per heavy atom. The normalized spacial score (nSPS) is 13.5. The van der Waals surface area contributed by atoms with E-state index < -0.39 is 18.1 Å². The number of fused-ring (bicyclic) bond motifs is 3. The summed E-state index contributed by atoms with van der Waals surface area (Å²) in [4.78, 5) is 26.0. The number of benzene rings is 3. The van der Waals surface area contributed by atoms with Crippen LogP contribution in [0.4, 0.5) is 0 Å². The van der Waals surface area contributed by atoms with Gasteiger partial charge in [0.15, 0.2) is 6.10 Å². The van der Waals surface area contributed by atoms with Crippen LogP contribution in [-0.4, -0.2) is 17.9 Å². The predicted molar refractivity (Wildman–Crippen MR) is 117 cm³/mol. The van der Waals surface area contributed by atoms with Crippen LogP contribution in [0.1, 0.15) is 47.0 Å². The summed E-state index contributed by atoms with van der Waals surface area (Å²) in [5.41, 5.74) is 5.53. The lowest BCUT2D eigenvalue weighted by molar-refractivity contribution is -0.150. The monoisotopic (exact) mass is 399 g/mol. The largest absolute Gasteiger partial charge is 0.451 e. The van der Waals surface area contributed by atoms with Crippen LogP contribution >= 0.6 is 0 Å². The summed E-state index contributed by atoms with van der Waals surface area (Å²) < 4.78 is 6.00. The number of carbonyl (C=O) groups is 2. The minimum Gasteiger partial charge on any atom is -0.451 e. The highest BCUT2D eigenvalue weighted by Gasteiger charge is 2.34. The zero-order chi connectivity index (χ0) is 21.3. The molecule has 1 amide bonds.